The molecular formula is C23H31N7O2. The van der Waals surface area contributed by atoms with E-state index in [9.17, 15) is 9.59 Å². The lowest BCUT2D eigenvalue weighted by atomic mass is 10.0. The quantitative estimate of drug-likeness (QED) is 0.534. The van der Waals surface area contributed by atoms with Crippen molar-refractivity contribution in [2.75, 3.05) is 42.9 Å². The van der Waals surface area contributed by atoms with Crippen molar-refractivity contribution in [1.29, 1.82) is 5.26 Å². The van der Waals surface area contributed by atoms with E-state index in [2.05, 4.69) is 25.9 Å². The standard InChI is InChI=1S/C23H31N7O2/c1-16(2)14-20(22(31)26-9-8-24)28-21-19(15-27-29(3)23(21)32)17-4-6-18(7-5-17)30-12-10-25-11-13-30/h4-7,15-16,20,25,28H,9-14H2,1-3H3,(H,26,31)/t20-/m0/s1. The first-order valence-corrected chi connectivity index (χ1v) is 10.9. The van der Waals surface area contributed by atoms with E-state index in [-0.39, 0.29) is 23.9 Å². The molecule has 32 heavy (non-hydrogen) atoms. The third-order valence-electron chi connectivity index (χ3n) is 5.48. The Labute approximate surface area is 188 Å². The summed E-state index contributed by atoms with van der Waals surface area (Å²) in [6, 6.07) is 9.33. The molecule has 1 aromatic carbocycles. The highest BCUT2D eigenvalue weighted by Gasteiger charge is 2.23. The van der Waals surface area contributed by atoms with E-state index in [1.807, 2.05) is 44.2 Å². The number of amides is 1. The maximum atomic E-state index is 13.0. The molecule has 2 heterocycles. The van der Waals surface area contributed by atoms with Gasteiger partial charge in [0.25, 0.3) is 5.56 Å². The van der Waals surface area contributed by atoms with Gasteiger partial charge in [-0.2, -0.15) is 10.4 Å². The van der Waals surface area contributed by atoms with Gasteiger partial charge in [0.2, 0.25) is 5.91 Å². The first kappa shape index (κ1) is 23.3. The van der Waals surface area contributed by atoms with Crippen molar-refractivity contribution in [2.24, 2.45) is 13.0 Å². The van der Waals surface area contributed by atoms with Gasteiger partial charge in [0.05, 0.1) is 12.3 Å². The lowest BCUT2D eigenvalue weighted by Gasteiger charge is -2.29. The van der Waals surface area contributed by atoms with Crippen LogP contribution in [0.4, 0.5) is 11.4 Å². The van der Waals surface area contributed by atoms with Crippen LogP contribution in [0, 0.1) is 17.2 Å². The second kappa shape index (κ2) is 10.8. The molecule has 0 spiro atoms. The highest BCUT2D eigenvalue weighted by molar-refractivity contribution is 5.87. The zero-order valence-corrected chi connectivity index (χ0v) is 18.9. The number of carbonyl (C=O) groups is 1. The SMILES string of the molecule is CC(C)C[C@H](Nc1c(-c2ccc(N3CCNCC3)cc2)cnn(C)c1=O)C(=O)NCC#N. The Balaban J connectivity index is 1.92. The van der Waals surface area contributed by atoms with Gasteiger partial charge in [-0.25, -0.2) is 4.68 Å². The maximum Gasteiger partial charge on any atom is 0.290 e. The fraction of sp³-hybridized carbons (Fsp3) is 0.478. The number of piperazine rings is 1. The summed E-state index contributed by atoms with van der Waals surface area (Å²) in [7, 11) is 1.58. The predicted octanol–water partition coefficient (Wildman–Crippen LogP) is 1.32. The minimum absolute atomic E-state index is 0.0796. The number of aromatic nitrogens is 2. The van der Waals surface area contributed by atoms with E-state index in [0.29, 0.717) is 17.7 Å². The molecule has 3 N–H and O–H groups in total. The lowest BCUT2D eigenvalue weighted by molar-refractivity contribution is -0.121. The summed E-state index contributed by atoms with van der Waals surface area (Å²) in [6.07, 6.45) is 2.16. The molecule has 0 saturated carbocycles. The van der Waals surface area contributed by atoms with Crippen molar-refractivity contribution < 1.29 is 4.79 Å². The molecule has 1 aliphatic rings. The maximum absolute atomic E-state index is 13.0. The molecule has 1 amide bonds. The first-order chi connectivity index (χ1) is 15.4. The zero-order chi connectivity index (χ0) is 23.1. The van der Waals surface area contributed by atoms with E-state index in [0.717, 1.165) is 37.4 Å². The van der Waals surface area contributed by atoms with Crippen LogP contribution in [0.1, 0.15) is 20.3 Å². The molecule has 2 aromatic rings. The summed E-state index contributed by atoms with van der Waals surface area (Å²) < 4.78 is 1.25. The molecule has 0 unspecified atom stereocenters. The van der Waals surface area contributed by atoms with Gasteiger partial charge in [0.15, 0.2) is 0 Å². The number of carbonyl (C=O) groups excluding carboxylic acids is 1. The largest absolute Gasteiger partial charge is 0.369 e. The van der Waals surface area contributed by atoms with E-state index in [1.165, 1.54) is 4.68 Å². The Kier molecular flexibility index (Phi) is 7.84. The van der Waals surface area contributed by atoms with Gasteiger partial charge >= 0.3 is 0 Å². The molecule has 3 rings (SSSR count). The average Bonchev–Trinajstić information content (AvgIpc) is 2.80. The van der Waals surface area contributed by atoms with Gasteiger partial charge in [-0.3, -0.25) is 9.59 Å². The fourth-order valence-corrected chi connectivity index (χ4v) is 3.80. The minimum atomic E-state index is -0.641. The summed E-state index contributed by atoms with van der Waals surface area (Å²) in [5.41, 5.74) is 2.64. The molecule has 0 bridgehead atoms. The molecule has 9 heteroatoms. The van der Waals surface area contributed by atoms with E-state index in [1.54, 1.807) is 13.2 Å². The first-order valence-electron chi connectivity index (χ1n) is 10.9. The van der Waals surface area contributed by atoms with Gasteiger partial charge < -0.3 is 20.9 Å². The van der Waals surface area contributed by atoms with Crippen LogP contribution in [-0.2, 0) is 11.8 Å². The summed E-state index contributed by atoms with van der Waals surface area (Å²) in [5, 5.41) is 22.1. The molecule has 0 aliphatic carbocycles. The highest BCUT2D eigenvalue weighted by Crippen LogP contribution is 2.28. The predicted molar refractivity (Wildman–Crippen MR) is 125 cm³/mol. The molecule has 1 aliphatic heterocycles. The molecule has 170 valence electrons. The molecule has 9 nitrogen and oxygen atoms in total. The van der Waals surface area contributed by atoms with Crippen LogP contribution in [0.15, 0.2) is 35.3 Å². The zero-order valence-electron chi connectivity index (χ0n) is 18.9. The Morgan fingerprint density at radius 3 is 2.56 bits per heavy atom. The third kappa shape index (κ3) is 5.65. The van der Waals surface area contributed by atoms with Crippen LogP contribution in [0.25, 0.3) is 11.1 Å². The minimum Gasteiger partial charge on any atom is -0.369 e. The van der Waals surface area contributed by atoms with E-state index < -0.39 is 6.04 Å². The Morgan fingerprint density at radius 2 is 1.94 bits per heavy atom. The van der Waals surface area contributed by atoms with Crippen molar-refractivity contribution in [2.45, 2.75) is 26.3 Å². The number of anilines is 2. The van der Waals surface area contributed by atoms with Gasteiger partial charge in [-0.1, -0.05) is 26.0 Å². The van der Waals surface area contributed by atoms with Crippen LogP contribution in [0.5, 0.6) is 0 Å². The molecule has 1 atom stereocenters. The highest BCUT2D eigenvalue weighted by atomic mass is 16.2. The average molecular weight is 438 g/mol. The number of hydrogen-bond donors (Lipinski definition) is 3. The molecular weight excluding hydrogens is 406 g/mol. The lowest BCUT2D eigenvalue weighted by Crippen LogP contribution is -2.43. The van der Waals surface area contributed by atoms with E-state index >= 15 is 0 Å². The molecule has 1 aromatic heterocycles. The number of hydrogen-bond acceptors (Lipinski definition) is 7. The monoisotopic (exact) mass is 437 g/mol. The smallest absolute Gasteiger partial charge is 0.290 e. The Bertz CT molecular complexity index is 1020. The van der Waals surface area contributed by atoms with Crippen LogP contribution in [-0.4, -0.2) is 54.5 Å². The number of rotatable bonds is 8. The van der Waals surface area contributed by atoms with Crippen LogP contribution in [0.2, 0.25) is 0 Å². The van der Waals surface area contributed by atoms with Gasteiger partial charge in [-0.15, -0.1) is 0 Å². The van der Waals surface area contributed by atoms with Crippen molar-refractivity contribution in [3.05, 3.63) is 40.8 Å². The molecule has 1 saturated heterocycles. The number of nitriles is 1. The van der Waals surface area contributed by atoms with Crippen molar-refractivity contribution in [1.82, 2.24) is 20.4 Å². The summed E-state index contributed by atoms with van der Waals surface area (Å²) in [6.45, 7) is 7.75. The number of benzene rings is 1. The fourth-order valence-electron chi connectivity index (χ4n) is 3.80. The van der Waals surface area contributed by atoms with Gasteiger partial charge in [0, 0.05) is 44.5 Å². The van der Waals surface area contributed by atoms with Gasteiger partial charge in [0.1, 0.15) is 18.3 Å². The van der Waals surface area contributed by atoms with Crippen LogP contribution in [0.3, 0.4) is 0 Å². The summed E-state index contributed by atoms with van der Waals surface area (Å²) >= 11 is 0. The Morgan fingerprint density at radius 1 is 1.25 bits per heavy atom. The van der Waals surface area contributed by atoms with Crippen molar-refractivity contribution >= 4 is 17.3 Å². The van der Waals surface area contributed by atoms with E-state index in [4.69, 9.17) is 5.26 Å². The number of nitrogens with one attached hydrogen (secondary N) is 3. The molecule has 1 fully saturated rings. The van der Waals surface area contributed by atoms with Crippen molar-refractivity contribution in [3.63, 3.8) is 0 Å². The summed E-state index contributed by atoms with van der Waals surface area (Å²) in [4.78, 5) is 27.9. The second-order valence-corrected chi connectivity index (χ2v) is 8.35. The topological polar surface area (TPSA) is 115 Å². The van der Waals surface area contributed by atoms with Gasteiger partial charge in [-0.05, 0) is 30.0 Å². The van der Waals surface area contributed by atoms with Crippen LogP contribution >= 0.6 is 0 Å². The normalized spacial score (nSPS) is 14.7. The number of nitrogens with zero attached hydrogens (tertiary/aromatic N) is 4. The number of aryl methyl sites for hydroxylation is 1. The Hall–Kier alpha value is -3.38. The summed E-state index contributed by atoms with van der Waals surface area (Å²) in [5.74, 6) is -0.0908. The van der Waals surface area contributed by atoms with Crippen LogP contribution < -0.4 is 26.4 Å². The van der Waals surface area contributed by atoms with Crippen molar-refractivity contribution in [3.8, 4) is 17.2 Å². The second-order valence-electron chi connectivity index (χ2n) is 8.35. The third-order valence-corrected chi connectivity index (χ3v) is 5.48. The molecule has 0 radical (unpaired) electrons.